The molecule has 0 aromatic heterocycles. The fourth-order valence-electron chi connectivity index (χ4n) is 2.45. The number of terminal acetylenes is 1. The first-order chi connectivity index (χ1) is 12.6. The fraction of sp³-hybridized carbons (Fsp3) is 0.647. The Morgan fingerprint density at radius 1 is 0.852 bits per heavy atom. The summed E-state index contributed by atoms with van der Waals surface area (Å²) in [6.45, 7) is 4.05. The van der Waals surface area contributed by atoms with E-state index in [4.69, 9.17) is 34.8 Å². The standard InChI is InChI=1S/C17H22O10/c1-6-7-22-17-16(26-12(5)21)15(25-11(4)20)14(24-10(3)19)13(27-17)8-23-9(2)18/h1,13-17H,7-8H2,2-5H3/t13-,14-,15-,16+,17-/m1/s1. The van der Waals surface area contributed by atoms with E-state index in [-0.39, 0.29) is 13.2 Å². The first kappa shape index (κ1) is 22.4. The zero-order valence-corrected chi connectivity index (χ0v) is 15.5. The van der Waals surface area contributed by atoms with Crippen molar-refractivity contribution >= 4 is 23.9 Å². The van der Waals surface area contributed by atoms with E-state index in [1.807, 2.05) is 0 Å². The van der Waals surface area contributed by atoms with Crippen molar-refractivity contribution in [3.05, 3.63) is 0 Å². The van der Waals surface area contributed by atoms with Crippen LogP contribution in [0.1, 0.15) is 27.7 Å². The van der Waals surface area contributed by atoms with Crippen molar-refractivity contribution < 1.29 is 47.6 Å². The van der Waals surface area contributed by atoms with E-state index in [1.54, 1.807) is 0 Å². The second kappa shape index (κ2) is 10.5. The molecule has 0 amide bonds. The van der Waals surface area contributed by atoms with Gasteiger partial charge >= 0.3 is 23.9 Å². The molecule has 10 nitrogen and oxygen atoms in total. The molecule has 0 aliphatic carbocycles. The Labute approximate surface area is 156 Å². The Morgan fingerprint density at radius 2 is 1.37 bits per heavy atom. The van der Waals surface area contributed by atoms with Gasteiger partial charge in [0.2, 0.25) is 0 Å². The molecular weight excluding hydrogens is 364 g/mol. The smallest absolute Gasteiger partial charge is 0.303 e. The van der Waals surface area contributed by atoms with Crippen LogP contribution in [0, 0.1) is 12.3 Å². The van der Waals surface area contributed by atoms with Crippen molar-refractivity contribution in [3.63, 3.8) is 0 Å². The van der Waals surface area contributed by atoms with E-state index in [0.717, 1.165) is 20.8 Å². The van der Waals surface area contributed by atoms with Crippen LogP contribution in [0.25, 0.3) is 0 Å². The zero-order chi connectivity index (χ0) is 20.6. The number of hydrogen-bond donors (Lipinski definition) is 0. The van der Waals surface area contributed by atoms with Gasteiger partial charge in [0, 0.05) is 27.7 Å². The van der Waals surface area contributed by atoms with E-state index >= 15 is 0 Å². The molecule has 150 valence electrons. The maximum atomic E-state index is 11.6. The Hall–Kier alpha value is -2.64. The van der Waals surface area contributed by atoms with Gasteiger partial charge in [0.1, 0.15) is 19.3 Å². The second-order valence-corrected chi connectivity index (χ2v) is 5.58. The summed E-state index contributed by atoms with van der Waals surface area (Å²) in [7, 11) is 0. The minimum absolute atomic E-state index is 0.201. The zero-order valence-electron chi connectivity index (χ0n) is 15.5. The molecule has 27 heavy (non-hydrogen) atoms. The summed E-state index contributed by atoms with van der Waals surface area (Å²) in [4.78, 5) is 45.7. The maximum Gasteiger partial charge on any atom is 0.303 e. The van der Waals surface area contributed by atoms with Gasteiger partial charge in [-0.05, 0) is 0 Å². The summed E-state index contributed by atoms with van der Waals surface area (Å²) in [6, 6.07) is 0. The van der Waals surface area contributed by atoms with Crippen LogP contribution in [0.5, 0.6) is 0 Å². The van der Waals surface area contributed by atoms with Crippen molar-refractivity contribution in [2.75, 3.05) is 13.2 Å². The van der Waals surface area contributed by atoms with Gasteiger partial charge in [-0.2, -0.15) is 0 Å². The van der Waals surface area contributed by atoms with Crippen molar-refractivity contribution in [2.24, 2.45) is 0 Å². The molecule has 1 rings (SSSR count). The van der Waals surface area contributed by atoms with Gasteiger partial charge in [0.15, 0.2) is 24.6 Å². The fourth-order valence-corrected chi connectivity index (χ4v) is 2.45. The quantitative estimate of drug-likeness (QED) is 0.328. The number of carbonyl (C=O) groups is 4. The molecule has 1 aliphatic heterocycles. The first-order valence-electron chi connectivity index (χ1n) is 8.01. The third-order valence-corrected chi connectivity index (χ3v) is 3.28. The average Bonchev–Trinajstić information content (AvgIpc) is 2.54. The van der Waals surface area contributed by atoms with Crippen LogP contribution in [0.2, 0.25) is 0 Å². The highest BCUT2D eigenvalue weighted by molar-refractivity contribution is 5.68. The van der Waals surface area contributed by atoms with Gasteiger partial charge in [0.05, 0.1) is 0 Å². The lowest BCUT2D eigenvalue weighted by atomic mass is 9.98. The monoisotopic (exact) mass is 386 g/mol. The molecule has 0 aromatic rings. The summed E-state index contributed by atoms with van der Waals surface area (Å²) < 4.78 is 31.5. The number of carbonyl (C=O) groups excluding carboxylic acids is 4. The number of esters is 4. The Kier molecular flexibility index (Phi) is 8.71. The number of ether oxygens (including phenoxy) is 6. The van der Waals surface area contributed by atoms with Crippen LogP contribution in [0.4, 0.5) is 0 Å². The molecule has 1 saturated heterocycles. The van der Waals surface area contributed by atoms with Gasteiger partial charge in [-0.15, -0.1) is 6.42 Å². The highest BCUT2D eigenvalue weighted by atomic mass is 16.7. The third-order valence-electron chi connectivity index (χ3n) is 3.28. The molecule has 10 heteroatoms. The molecule has 1 heterocycles. The van der Waals surface area contributed by atoms with Crippen LogP contribution in [0.3, 0.4) is 0 Å². The summed E-state index contributed by atoms with van der Waals surface area (Å²) >= 11 is 0. The molecule has 1 aliphatic rings. The molecule has 0 N–H and O–H groups in total. The van der Waals surface area contributed by atoms with Gasteiger partial charge in [-0.25, -0.2) is 0 Å². The Balaban J connectivity index is 3.25. The Bertz CT molecular complexity index is 607. The van der Waals surface area contributed by atoms with E-state index in [9.17, 15) is 19.2 Å². The van der Waals surface area contributed by atoms with Crippen LogP contribution in [-0.2, 0) is 47.6 Å². The predicted octanol–water partition coefficient (Wildman–Crippen LogP) is -0.281. The molecule has 0 aromatic carbocycles. The number of hydrogen-bond acceptors (Lipinski definition) is 10. The van der Waals surface area contributed by atoms with Crippen molar-refractivity contribution in [1.82, 2.24) is 0 Å². The summed E-state index contributed by atoms with van der Waals surface area (Å²) in [6.07, 6.45) is -0.894. The SMILES string of the molecule is C#CCO[C@@H]1O[C@H](COC(C)=O)[C@@H](OC(C)=O)[C@@H](OC(C)=O)[C@@H]1OC(C)=O. The molecule has 0 spiro atoms. The van der Waals surface area contributed by atoms with E-state index in [2.05, 4.69) is 5.92 Å². The van der Waals surface area contributed by atoms with Crippen LogP contribution >= 0.6 is 0 Å². The molecule has 0 radical (unpaired) electrons. The first-order valence-corrected chi connectivity index (χ1v) is 8.01. The minimum atomic E-state index is -1.27. The highest BCUT2D eigenvalue weighted by Crippen LogP contribution is 2.29. The molecule has 5 atom stereocenters. The topological polar surface area (TPSA) is 124 Å². The Morgan fingerprint density at radius 3 is 1.85 bits per heavy atom. The van der Waals surface area contributed by atoms with Gasteiger partial charge < -0.3 is 28.4 Å². The minimum Gasteiger partial charge on any atom is -0.463 e. The maximum absolute atomic E-state index is 11.6. The largest absolute Gasteiger partial charge is 0.463 e. The van der Waals surface area contributed by atoms with E-state index in [0.29, 0.717) is 0 Å². The molecule has 0 saturated carbocycles. The summed E-state index contributed by atoms with van der Waals surface area (Å²) in [5.74, 6) is -0.519. The van der Waals surface area contributed by atoms with Crippen molar-refractivity contribution in [2.45, 2.75) is 58.4 Å². The van der Waals surface area contributed by atoms with Gasteiger partial charge in [0.25, 0.3) is 0 Å². The lowest BCUT2D eigenvalue weighted by Crippen LogP contribution is -2.62. The normalized spacial score (nSPS) is 27.0. The summed E-state index contributed by atoms with van der Waals surface area (Å²) in [5.41, 5.74) is 0. The highest BCUT2D eigenvalue weighted by Gasteiger charge is 2.52. The van der Waals surface area contributed by atoms with Gasteiger partial charge in [-0.3, -0.25) is 19.2 Å². The third kappa shape index (κ3) is 7.24. The van der Waals surface area contributed by atoms with Crippen LogP contribution in [-0.4, -0.2) is 67.8 Å². The van der Waals surface area contributed by atoms with E-state index in [1.165, 1.54) is 6.92 Å². The van der Waals surface area contributed by atoms with E-state index < -0.39 is 54.6 Å². The van der Waals surface area contributed by atoms with Crippen molar-refractivity contribution in [1.29, 1.82) is 0 Å². The molecule has 0 bridgehead atoms. The van der Waals surface area contributed by atoms with Crippen LogP contribution < -0.4 is 0 Å². The lowest BCUT2D eigenvalue weighted by Gasteiger charge is -2.43. The predicted molar refractivity (Wildman–Crippen MR) is 86.7 cm³/mol. The van der Waals surface area contributed by atoms with Crippen molar-refractivity contribution in [3.8, 4) is 12.3 Å². The average molecular weight is 386 g/mol. The number of rotatable bonds is 7. The van der Waals surface area contributed by atoms with Gasteiger partial charge in [-0.1, -0.05) is 5.92 Å². The second-order valence-electron chi connectivity index (χ2n) is 5.58. The van der Waals surface area contributed by atoms with Crippen LogP contribution in [0.15, 0.2) is 0 Å². The lowest BCUT2D eigenvalue weighted by molar-refractivity contribution is -0.305. The molecular formula is C17H22O10. The molecule has 1 fully saturated rings. The summed E-state index contributed by atoms with van der Waals surface area (Å²) in [5, 5.41) is 0. The molecule has 0 unspecified atom stereocenters.